The van der Waals surface area contributed by atoms with Crippen molar-refractivity contribution in [2.45, 2.75) is 6.42 Å². The van der Waals surface area contributed by atoms with Gasteiger partial charge < -0.3 is 10.7 Å². The van der Waals surface area contributed by atoms with Crippen LogP contribution in [0, 0.1) is 11.3 Å². The highest BCUT2D eigenvalue weighted by atomic mass is 15.4. The first kappa shape index (κ1) is 7.79. The van der Waals surface area contributed by atoms with E-state index in [-0.39, 0.29) is 6.42 Å². The van der Waals surface area contributed by atoms with Gasteiger partial charge in [-0.3, -0.25) is 0 Å². The number of nitriles is 1. The van der Waals surface area contributed by atoms with Gasteiger partial charge in [0.15, 0.2) is 0 Å². The molecule has 0 aliphatic rings. The Hall–Kier alpha value is -1.21. The quantitative estimate of drug-likeness (QED) is 0.386. The van der Waals surface area contributed by atoms with Crippen LogP contribution in [-0.4, -0.2) is 12.1 Å². The van der Waals surface area contributed by atoms with Crippen LogP contribution in [0.25, 0.3) is 0 Å². The zero-order valence-electron chi connectivity index (χ0n) is 5.33. The summed E-state index contributed by atoms with van der Waals surface area (Å²) in [6.45, 7) is 0. The van der Waals surface area contributed by atoms with E-state index in [1.165, 1.54) is 11.2 Å². The van der Waals surface area contributed by atoms with Gasteiger partial charge in [0.2, 0.25) is 0 Å². The van der Waals surface area contributed by atoms with Crippen LogP contribution in [0.3, 0.4) is 0 Å². The summed E-state index contributed by atoms with van der Waals surface area (Å²) in [6.07, 6.45) is 1.73. The first-order valence-electron chi connectivity index (χ1n) is 2.47. The fourth-order valence-electron chi connectivity index (χ4n) is 0.398. The first-order chi connectivity index (χ1) is 4.16. The van der Waals surface area contributed by atoms with E-state index in [1.807, 2.05) is 6.07 Å². The van der Waals surface area contributed by atoms with Crippen LogP contribution >= 0.6 is 0 Å². The molecule has 0 aliphatic heterocycles. The maximum Gasteiger partial charge on any atom is 0.0762 e. The molecule has 0 saturated heterocycles. The average molecular weight is 126 g/mol. The van der Waals surface area contributed by atoms with Crippen molar-refractivity contribution in [3.05, 3.63) is 11.9 Å². The molecular formula is C5H10N4. The second-order valence-electron chi connectivity index (χ2n) is 1.70. The van der Waals surface area contributed by atoms with E-state index in [2.05, 4.69) is 0 Å². The summed E-state index contributed by atoms with van der Waals surface area (Å²) < 4.78 is 0. The van der Waals surface area contributed by atoms with Crippen LogP contribution in [-0.2, 0) is 0 Å². The highest BCUT2D eigenvalue weighted by Crippen LogP contribution is 1.88. The lowest BCUT2D eigenvalue weighted by Crippen LogP contribution is -2.20. The van der Waals surface area contributed by atoms with E-state index >= 15 is 0 Å². The maximum absolute atomic E-state index is 8.12. The van der Waals surface area contributed by atoms with Gasteiger partial charge in [0.25, 0.3) is 0 Å². The third-order valence-corrected chi connectivity index (χ3v) is 0.653. The van der Waals surface area contributed by atoms with Gasteiger partial charge in [-0.1, -0.05) is 0 Å². The smallest absolute Gasteiger partial charge is 0.0762 e. The predicted octanol–water partition coefficient (Wildman–Crippen LogP) is -0.494. The Labute approximate surface area is 54.3 Å². The van der Waals surface area contributed by atoms with Crippen molar-refractivity contribution in [2.24, 2.45) is 11.6 Å². The van der Waals surface area contributed by atoms with Gasteiger partial charge >= 0.3 is 0 Å². The third-order valence-electron chi connectivity index (χ3n) is 0.653. The van der Waals surface area contributed by atoms with E-state index in [9.17, 15) is 0 Å². The monoisotopic (exact) mass is 126 g/mol. The molecule has 0 aliphatic carbocycles. The molecule has 0 aromatic rings. The van der Waals surface area contributed by atoms with Crippen LogP contribution in [0.5, 0.6) is 0 Å². The number of hydrogen-bond donors (Lipinski definition) is 2. The molecule has 0 atom stereocenters. The zero-order chi connectivity index (χ0) is 7.28. The standard InChI is InChI=1S/C5H10N4/c1-9(8)4-5(7)2-3-6/h4H,2,7-8H2,1H3/b5-4-. The van der Waals surface area contributed by atoms with E-state index in [4.69, 9.17) is 16.8 Å². The molecule has 0 bridgehead atoms. The van der Waals surface area contributed by atoms with Gasteiger partial charge in [-0.2, -0.15) is 5.26 Å². The number of nitrogens with two attached hydrogens (primary N) is 2. The molecule has 4 nitrogen and oxygen atoms in total. The van der Waals surface area contributed by atoms with Crippen LogP contribution < -0.4 is 11.6 Å². The molecule has 50 valence electrons. The minimum absolute atomic E-state index is 0.224. The fourth-order valence-corrected chi connectivity index (χ4v) is 0.398. The molecule has 0 unspecified atom stereocenters. The van der Waals surface area contributed by atoms with Gasteiger partial charge in [0, 0.05) is 18.9 Å². The van der Waals surface area contributed by atoms with Crippen LogP contribution in [0.15, 0.2) is 11.9 Å². The van der Waals surface area contributed by atoms with E-state index in [0.717, 1.165) is 0 Å². The minimum Gasteiger partial charge on any atom is -0.400 e. The molecule has 9 heavy (non-hydrogen) atoms. The first-order valence-corrected chi connectivity index (χ1v) is 2.47. The SMILES string of the molecule is CN(N)/C=C(\N)CC#N. The molecule has 4 N–H and O–H groups in total. The Balaban J connectivity index is 3.72. The van der Waals surface area contributed by atoms with Crippen molar-refractivity contribution in [1.29, 1.82) is 5.26 Å². The molecule has 0 spiro atoms. The van der Waals surface area contributed by atoms with Crippen molar-refractivity contribution in [3.63, 3.8) is 0 Å². The van der Waals surface area contributed by atoms with Crippen LogP contribution in [0.4, 0.5) is 0 Å². The molecule has 0 radical (unpaired) electrons. The van der Waals surface area contributed by atoms with E-state index < -0.39 is 0 Å². The molecule has 0 fully saturated rings. The predicted molar refractivity (Wildman–Crippen MR) is 34.5 cm³/mol. The summed E-state index contributed by atoms with van der Waals surface area (Å²) in [5.74, 6) is 5.19. The molecule has 0 rings (SSSR count). The number of rotatable bonds is 2. The van der Waals surface area contributed by atoms with E-state index in [0.29, 0.717) is 5.70 Å². The zero-order valence-corrected chi connectivity index (χ0v) is 5.33. The molecule has 0 saturated carbocycles. The molecule has 0 amide bonds. The number of nitrogens with zero attached hydrogens (tertiary/aromatic N) is 2. The van der Waals surface area contributed by atoms with Gasteiger partial charge in [-0.25, -0.2) is 5.84 Å². The van der Waals surface area contributed by atoms with Crippen LogP contribution in [0.1, 0.15) is 6.42 Å². The topological polar surface area (TPSA) is 79.1 Å². The maximum atomic E-state index is 8.12. The Morgan fingerprint density at radius 2 is 2.44 bits per heavy atom. The Morgan fingerprint density at radius 3 is 2.78 bits per heavy atom. The summed E-state index contributed by atoms with van der Waals surface area (Å²) in [5.41, 5.74) is 5.78. The lowest BCUT2D eigenvalue weighted by atomic mass is 10.4. The minimum atomic E-state index is 0.224. The normalized spacial score (nSPS) is 10.6. The third kappa shape index (κ3) is 4.65. The summed E-state index contributed by atoms with van der Waals surface area (Å²) in [7, 11) is 1.64. The van der Waals surface area contributed by atoms with Crippen molar-refractivity contribution in [1.82, 2.24) is 5.01 Å². The highest BCUT2D eigenvalue weighted by Gasteiger charge is 1.86. The Morgan fingerprint density at radius 1 is 1.89 bits per heavy atom. The van der Waals surface area contributed by atoms with Crippen molar-refractivity contribution >= 4 is 0 Å². The summed E-state index contributed by atoms with van der Waals surface area (Å²) in [5, 5.41) is 9.43. The summed E-state index contributed by atoms with van der Waals surface area (Å²) in [4.78, 5) is 0. The number of allylic oxidation sites excluding steroid dienone is 1. The number of hydrogen-bond acceptors (Lipinski definition) is 4. The lowest BCUT2D eigenvalue weighted by Gasteiger charge is -2.04. The Bertz CT molecular complexity index is 142. The Kier molecular flexibility index (Phi) is 3.25. The van der Waals surface area contributed by atoms with Gasteiger partial charge in [-0.05, 0) is 0 Å². The van der Waals surface area contributed by atoms with Gasteiger partial charge in [0.05, 0.1) is 12.5 Å². The largest absolute Gasteiger partial charge is 0.400 e. The summed E-state index contributed by atoms with van der Waals surface area (Å²) in [6, 6.07) is 1.90. The molecule has 4 heteroatoms. The highest BCUT2D eigenvalue weighted by molar-refractivity contribution is 5.01. The van der Waals surface area contributed by atoms with Crippen LogP contribution in [0.2, 0.25) is 0 Å². The van der Waals surface area contributed by atoms with Crippen molar-refractivity contribution in [3.8, 4) is 6.07 Å². The van der Waals surface area contributed by atoms with Gasteiger partial charge in [-0.15, -0.1) is 0 Å². The van der Waals surface area contributed by atoms with Crippen molar-refractivity contribution < 1.29 is 0 Å². The molecule has 0 aromatic carbocycles. The molecular weight excluding hydrogens is 116 g/mol. The van der Waals surface area contributed by atoms with Crippen molar-refractivity contribution in [2.75, 3.05) is 7.05 Å². The average Bonchev–Trinajstić information content (AvgIpc) is 1.63. The second-order valence-corrected chi connectivity index (χ2v) is 1.70. The van der Waals surface area contributed by atoms with E-state index in [1.54, 1.807) is 7.05 Å². The molecule has 0 heterocycles. The van der Waals surface area contributed by atoms with Gasteiger partial charge in [0.1, 0.15) is 0 Å². The fraction of sp³-hybridized carbons (Fsp3) is 0.400. The lowest BCUT2D eigenvalue weighted by molar-refractivity contribution is 0.479. The summed E-state index contributed by atoms with van der Waals surface area (Å²) >= 11 is 0. The molecule has 0 aromatic heterocycles. The number of hydrazine groups is 1. The second kappa shape index (κ2) is 3.75.